The maximum absolute atomic E-state index is 13.1. The van der Waals surface area contributed by atoms with Crippen LogP contribution in [0.15, 0.2) is 45.7 Å². The van der Waals surface area contributed by atoms with Gasteiger partial charge >= 0.3 is 5.63 Å². The maximum Gasteiger partial charge on any atom is 0.339 e. The molecule has 3 aromatic rings. The van der Waals surface area contributed by atoms with Gasteiger partial charge in [0.05, 0.1) is 13.2 Å². The van der Waals surface area contributed by atoms with E-state index in [0.717, 1.165) is 36.8 Å². The normalized spacial score (nSPS) is 16.8. The highest BCUT2D eigenvalue weighted by Crippen LogP contribution is 2.32. The molecule has 1 unspecified atom stereocenters. The molecule has 3 heterocycles. The molecule has 1 aromatic carbocycles. The molecule has 1 fully saturated rings. The zero-order chi connectivity index (χ0) is 21.3. The van der Waals surface area contributed by atoms with Crippen molar-refractivity contribution in [2.45, 2.75) is 45.1 Å². The number of benzene rings is 1. The monoisotopic (exact) mass is 408 g/mol. The summed E-state index contributed by atoms with van der Waals surface area (Å²) in [5, 5.41) is 0.873. The SMILES string of the molecule is COc1ccc2c(C)c(CCC(=O)N3CCCCC3c3cccn3C)c(=O)oc2c1. The second kappa shape index (κ2) is 8.38. The summed E-state index contributed by atoms with van der Waals surface area (Å²) in [6.07, 6.45) is 5.81. The van der Waals surface area contributed by atoms with Gasteiger partial charge < -0.3 is 18.6 Å². The minimum atomic E-state index is -0.376. The Bertz CT molecular complexity index is 1130. The summed E-state index contributed by atoms with van der Waals surface area (Å²) < 4.78 is 12.8. The number of likely N-dealkylation sites (tertiary alicyclic amines) is 1. The largest absolute Gasteiger partial charge is 0.497 e. The van der Waals surface area contributed by atoms with Crippen molar-refractivity contribution in [2.75, 3.05) is 13.7 Å². The van der Waals surface area contributed by atoms with Crippen LogP contribution in [0.4, 0.5) is 0 Å². The lowest BCUT2D eigenvalue weighted by Crippen LogP contribution is -2.39. The van der Waals surface area contributed by atoms with Crippen LogP contribution in [0.5, 0.6) is 5.75 Å². The average molecular weight is 408 g/mol. The van der Waals surface area contributed by atoms with Crippen LogP contribution in [0.1, 0.15) is 48.5 Å². The van der Waals surface area contributed by atoms with Crippen molar-refractivity contribution in [1.29, 1.82) is 0 Å². The van der Waals surface area contributed by atoms with Crippen molar-refractivity contribution in [3.63, 3.8) is 0 Å². The van der Waals surface area contributed by atoms with Crippen LogP contribution in [0, 0.1) is 6.92 Å². The highest BCUT2D eigenvalue weighted by atomic mass is 16.5. The molecule has 1 aliphatic heterocycles. The molecular weight excluding hydrogens is 380 g/mol. The number of methoxy groups -OCH3 is 1. The fraction of sp³-hybridized carbons (Fsp3) is 0.417. The van der Waals surface area contributed by atoms with Crippen molar-refractivity contribution < 1.29 is 13.9 Å². The standard InChI is InChI=1S/C24H28N2O4/c1-16-18-10-9-17(29-3)15-22(18)30-24(28)19(16)11-12-23(27)26-14-5-4-7-21(26)20-8-6-13-25(20)2/h6,8-10,13,15,21H,4-5,7,11-12,14H2,1-3H3. The Kier molecular flexibility index (Phi) is 5.66. The van der Waals surface area contributed by atoms with Crippen LogP contribution in [0.25, 0.3) is 11.0 Å². The molecule has 0 N–H and O–H groups in total. The molecule has 1 amide bonds. The number of aromatic nitrogens is 1. The number of amides is 1. The van der Waals surface area contributed by atoms with E-state index in [1.54, 1.807) is 13.2 Å². The molecule has 0 aliphatic carbocycles. The molecule has 1 aliphatic rings. The molecule has 158 valence electrons. The molecular formula is C24H28N2O4. The van der Waals surface area contributed by atoms with Crippen LogP contribution in [-0.4, -0.2) is 29.0 Å². The van der Waals surface area contributed by atoms with E-state index in [4.69, 9.17) is 9.15 Å². The predicted octanol–water partition coefficient (Wildman–Crippen LogP) is 4.13. The Labute approximate surface area is 176 Å². The zero-order valence-corrected chi connectivity index (χ0v) is 17.8. The van der Waals surface area contributed by atoms with E-state index in [1.807, 2.05) is 43.3 Å². The van der Waals surface area contributed by atoms with E-state index in [-0.39, 0.29) is 17.6 Å². The first kappa shape index (κ1) is 20.3. The number of nitrogens with zero attached hydrogens (tertiary/aromatic N) is 2. The van der Waals surface area contributed by atoms with Crippen LogP contribution < -0.4 is 10.4 Å². The second-order valence-electron chi connectivity index (χ2n) is 8.00. The summed E-state index contributed by atoms with van der Waals surface area (Å²) >= 11 is 0. The number of rotatable bonds is 5. The van der Waals surface area contributed by atoms with E-state index in [9.17, 15) is 9.59 Å². The molecule has 0 spiro atoms. The predicted molar refractivity (Wildman–Crippen MR) is 116 cm³/mol. The summed E-state index contributed by atoms with van der Waals surface area (Å²) in [5.41, 5.74) is 2.74. The van der Waals surface area contributed by atoms with Crippen molar-refractivity contribution in [3.05, 3.63) is 63.8 Å². The topological polar surface area (TPSA) is 64.7 Å². The van der Waals surface area contributed by atoms with Gasteiger partial charge in [0.15, 0.2) is 0 Å². The van der Waals surface area contributed by atoms with Crippen molar-refractivity contribution in [2.24, 2.45) is 7.05 Å². The van der Waals surface area contributed by atoms with E-state index in [2.05, 4.69) is 10.6 Å². The number of hydrogen-bond acceptors (Lipinski definition) is 4. The Hall–Kier alpha value is -3.02. The number of carbonyl (C=O) groups is 1. The van der Waals surface area contributed by atoms with Crippen LogP contribution in [0.3, 0.4) is 0 Å². The Morgan fingerprint density at radius 3 is 2.83 bits per heavy atom. The number of hydrogen-bond donors (Lipinski definition) is 0. The number of ether oxygens (including phenoxy) is 1. The van der Waals surface area contributed by atoms with Gasteiger partial charge in [0.25, 0.3) is 0 Å². The molecule has 2 aromatic heterocycles. The molecule has 6 heteroatoms. The lowest BCUT2D eigenvalue weighted by atomic mass is 9.97. The number of carbonyl (C=O) groups excluding carboxylic acids is 1. The lowest BCUT2D eigenvalue weighted by Gasteiger charge is -2.36. The third-order valence-corrected chi connectivity index (χ3v) is 6.23. The van der Waals surface area contributed by atoms with Gasteiger partial charge in [0.2, 0.25) is 5.91 Å². The van der Waals surface area contributed by atoms with Crippen molar-refractivity contribution in [3.8, 4) is 5.75 Å². The first-order chi connectivity index (χ1) is 14.5. The van der Waals surface area contributed by atoms with Crippen LogP contribution >= 0.6 is 0 Å². The van der Waals surface area contributed by atoms with Gasteiger partial charge in [-0.25, -0.2) is 4.79 Å². The lowest BCUT2D eigenvalue weighted by molar-refractivity contribution is -0.135. The average Bonchev–Trinajstić information content (AvgIpc) is 3.18. The van der Waals surface area contributed by atoms with Gasteiger partial charge in [-0.1, -0.05) is 0 Å². The van der Waals surface area contributed by atoms with Gasteiger partial charge in [-0.2, -0.15) is 0 Å². The van der Waals surface area contributed by atoms with E-state index >= 15 is 0 Å². The smallest absolute Gasteiger partial charge is 0.339 e. The highest BCUT2D eigenvalue weighted by molar-refractivity contribution is 5.83. The van der Waals surface area contributed by atoms with E-state index in [0.29, 0.717) is 29.7 Å². The summed E-state index contributed by atoms with van der Waals surface area (Å²) in [5.74, 6) is 0.735. The molecule has 1 atom stereocenters. The minimum Gasteiger partial charge on any atom is -0.497 e. The van der Waals surface area contributed by atoms with E-state index in [1.165, 1.54) is 5.69 Å². The summed E-state index contributed by atoms with van der Waals surface area (Å²) in [7, 11) is 3.60. The fourth-order valence-corrected chi connectivity index (χ4v) is 4.52. The molecule has 1 saturated heterocycles. The van der Waals surface area contributed by atoms with Crippen molar-refractivity contribution >= 4 is 16.9 Å². The van der Waals surface area contributed by atoms with Crippen LogP contribution in [-0.2, 0) is 18.3 Å². The van der Waals surface area contributed by atoms with Gasteiger partial charge in [0, 0.05) is 48.9 Å². The van der Waals surface area contributed by atoms with E-state index < -0.39 is 0 Å². The molecule has 30 heavy (non-hydrogen) atoms. The van der Waals surface area contributed by atoms with Gasteiger partial charge in [-0.3, -0.25) is 4.79 Å². The van der Waals surface area contributed by atoms with Gasteiger partial charge in [-0.05, 0) is 62.4 Å². The molecule has 0 radical (unpaired) electrons. The maximum atomic E-state index is 13.1. The van der Waals surface area contributed by atoms with Gasteiger partial charge in [-0.15, -0.1) is 0 Å². The minimum absolute atomic E-state index is 0.0922. The molecule has 4 rings (SSSR count). The third-order valence-electron chi connectivity index (χ3n) is 6.23. The van der Waals surface area contributed by atoms with Gasteiger partial charge in [0.1, 0.15) is 11.3 Å². The Balaban J connectivity index is 1.55. The first-order valence-electron chi connectivity index (χ1n) is 10.5. The summed E-state index contributed by atoms with van der Waals surface area (Å²) in [4.78, 5) is 27.7. The number of fused-ring (bicyclic) bond motifs is 1. The summed E-state index contributed by atoms with van der Waals surface area (Å²) in [6, 6.07) is 9.68. The van der Waals surface area contributed by atoms with Crippen LogP contribution in [0.2, 0.25) is 0 Å². The quantitative estimate of drug-likeness (QED) is 0.596. The third kappa shape index (κ3) is 3.74. The Morgan fingerprint density at radius 2 is 2.10 bits per heavy atom. The zero-order valence-electron chi connectivity index (χ0n) is 17.8. The highest BCUT2D eigenvalue weighted by Gasteiger charge is 2.29. The fourth-order valence-electron chi connectivity index (χ4n) is 4.52. The first-order valence-corrected chi connectivity index (χ1v) is 10.5. The second-order valence-corrected chi connectivity index (χ2v) is 8.00. The molecule has 0 saturated carbocycles. The number of piperidine rings is 1. The van der Waals surface area contributed by atoms with Crippen molar-refractivity contribution in [1.82, 2.24) is 9.47 Å². The molecule has 0 bridgehead atoms. The summed E-state index contributed by atoms with van der Waals surface area (Å²) in [6.45, 7) is 2.68. The molecule has 6 nitrogen and oxygen atoms in total. The Morgan fingerprint density at radius 1 is 1.27 bits per heavy atom. The number of aryl methyl sites for hydroxylation is 2.